The number of ether oxygens (including phenoxy) is 1. The Labute approximate surface area is 107 Å². The number of oxazole rings is 1. The molecule has 0 aromatic carbocycles. The van der Waals surface area contributed by atoms with E-state index in [0.29, 0.717) is 12.5 Å². The van der Waals surface area contributed by atoms with Gasteiger partial charge in [0.25, 0.3) is 5.91 Å². The number of methoxy groups -OCH3 is 1. The van der Waals surface area contributed by atoms with Gasteiger partial charge >= 0.3 is 0 Å². The fourth-order valence-corrected chi connectivity index (χ4v) is 1.59. The maximum atomic E-state index is 11.8. The second-order valence-corrected chi connectivity index (χ2v) is 4.30. The SMILES string of the molecule is CCCC(N)c1nc(C(=O)NC(C)COC)co1. The van der Waals surface area contributed by atoms with Gasteiger partial charge in [0.15, 0.2) is 5.69 Å². The third-order valence-corrected chi connectivity index (χ3v) is 2.47. The van der Waals surface area contributed by atoms with Crippen molar-refractivity contribution in [1.29, 1.82) is 0 Å². The number of rotatable bonds is 7. The lowest BCUT2D eigenvalue weighted by atomic mass is 10.2. The van der Waals surface area contributed by atoms with Gasteiger partial charge in [0.2, 0.25) is 5.89 Å². The van der Waals surface area contributed by atoms with Crippen molar-refractivity contribution in [1.82, 2.24) is 10.3 Å². The van der Waals surface area contributed by atoms with Crippen molar-refractivity contribution in [3.05, 3.63) is 17.8 Å². The van der Waals surface area contributed by atoms with Crippen molar-refractivity contribution in [2.45, 2.75) is 38.8 Å². The second kappa shape index (κ2) is 7.13. The first-order valence-electron chi connectivity index (χ1n) is 6.09. The van der Waals surface area contributed by atoms with Crippen LogP contribution in [-0.4, -0.2) is 30.6 Å². The molecule has 1 aromatic heterocycles. The molecule has 6 nitrogen and oxygen atoms in total. The molecule has 0 saturated carbocycles. The highest BCUT2D eigenvalue weighted by Gasteiger charge is 2.17. The van der Waals surface area contributed by atoms with E-state index in [0.717, 1.165) is 12.8 Å². The van der Waals surface area contributed by atoms with Gasteiger partial charge in [-0.3, -0.25) is 4.79 Å². The summed E-state index contributed by atoms with van der Waals surface area (Å²) < 4.78 is 10.2. The van der Waals surface area contributed by atoms with Crippen molar-refractivity contribution in [3.63, 3.8) is 0 Å². The van der Waals surface area contributed by atoms with Crippen molar-refractivity contribution in [2.24, 2.45) is 5.73 Å². The Morgan fingerprint density at radius 1 is 1.67 bits per heavy atom. The molecule has 0 radical (unpaired) electrons. The Morgan fingerprint density at radius 3 is 3.00 bits per heavy atom. The molecule has 2 atom stereocenters. The maximum absolute atomic E-state index is 11.8. The topological polar surface area (TPSA) is 90.4 Å². The molecule has 1 heterocycles. The number of hydrogen-bond acceptors (Lipinski definition) is 5. The molecule has 102 valence electrons. The van der Waals surface area contributed by atoms with Crippen LogP contribution in [0.15, 0.2) is 10.7 Å². The lowest BCUT2D eigenvalue weighted by molar-refractivity contribution is 0.0900. The molecule has 0 aliphatic carbocycles. The van der Waals surface area contributed by atoms with Crippen molar-refractivity contribution < 1.29 is 13.9 Å². The molecule has 3 N–H and O–H groups in total. The molecule has 1 rings (SSSR count). The fraction of sp³-hybridized carbons (Fsp3) is 0.667. The average Bonchev–Trinajstić information content (AvgIpc) is 2.78. The van der Waals surface area contributed by atoms with Gasteiger partial charge < -0.3 is 20.2 Å². The third-order valence-electron chi connectivity index (χ3n) is 2.47. The molecule has 1 aromatic rings. The lowest BCUT2D eigenvalue weighted by Crippen LogP contribution is -2.35. The number of aromatic nitrogens is 1. The number of hydrogen-bond donors (Lipinski definition) is 2. The first kappa shape index (κ1) is 14.7. The monoisotopic (exact) mass is 255 g/mol. The summed E-state index contributed by atoms with van der Waals surface area (Å²) in [5.74, 6) is 0.125. The highest BCUT2D eigenvalue weighted by atomic mass is 16.5. The van der Waals surface area contributed by atoms with Crippen LogP contribution in [-0.2, 0) is 4.74 Å². The molecule has 0 bridgehead atoms. The Bertz CT molecular complexity index is 378. The first-order valence-corrected chi connectivity index (χ1v) is 6.09. The highest BCUT2D eigenvalue weighted by molar-refractivity contribution is 5.92. The van der Waals surface area contributed by atoms with Crippen LogP contribution in [0.25, 0.3) is 0 Å². The number of carbonyl (C=O) groups is 1. The van der Waals surface area contributed by atoms with E-state index >= 15 is 0 Å². The zero-order valence-electron chi connectivity index (χ0n) is 11.1. The van der Waals surface area contributed by atoms with Crippen LogP contribution in [0.3, 0.4) is 0 Å². The second-order valence-electron chi connectivity index (χ2n) is 4.30. The fourth-order valence-electron chi connectivity index (χ4n) is 1.59. The van der Waals surface area contributed by atoms with Gasteiger partial charge in [0.1, 0.15) is 6.26 Å². The summed E-state index contributed by atoms with van der Waals surface area (Å²) in [5.41, 5.74) is 6.11. The van der Waals surface area contributed by atoms with Crippen LogP contribution in [0.1, 0.15) is 49.1 Å². The number of nitrogens with zero attached hydrogens (tertiary/aromatic N) is 1. The Morgan fingerprint density at radius 2 is 2.39 bits per heavy atom. The largest absolute Gasteiger partial charge is 0.446 e. The number of nitrogens with two attached hydrogens (primary N) is 1. The molecule has 0 fully saturated rings. The van der Waals surface area contributed by atoms with Crippen LogP contribution in [0.4, 0.5) is 0 Å². The summed E-state index contributed by atoms with van der Waals surface area (Å²) in [6.07, 6.45) is 3.05. The van der Waals surface area contributed by atoms with Crippen LogP contribution in [0.5, 0.6) is 0 Å². The molecule has 1 amide bonds. The van der Waals surface area contributed by atoms with Gasteiger partial charge in [-0.25, -0.2) is 4.98 Å². The quantitative estimate of drug-likeness (QED) is 0.765. The molecular formula is C12H21N3O3. The summed E-state index contributed by atoms with van der Waals surface area (Å²) >= 11 is 0. The van der Waals surface area contributed by atoms with E-state index in [2.05, 4.69) is 10.3 Å². The van der Waals surface area contributed by atoms with Crippen LogP contribution in [0, 0.1) is 0 Å². The number of nitrogens with one attached hydrogen (secondary N) is 1. The van der Waals surface area contributed by atoms with Crippen molar-refractivity contribution >= 4 is 5.91 Å². The average molecular weight is 255 g/mol. The first-order chi connectivity index (χ1) is 8.58. The molecule has 0 saturated heterocycles. The maximum Gasteiger partial charge on any atom is 0.273 e. The number of carbonyl (C=O) groups excluding carboxylic acids is 1. The van der Waals surface area contributed by atoms with E-state index in [1.807, 2.05) is 13.8 Å². The Balaban J connectivity index is 2.59. The van der Waals surface area contributed by atoms with Crippen molar-refractivity contribution in [3.8, 4) is 0 Å². The van der Waals surface area contributed by atoms with E-state index in [1.54, 1.807) is 7.11 Å². The zero-order valence-corrected chi connectivity index (χ0v) is 11.1. The predicted molar refractivity (Wildman–Crippen MR) is 67.1 cm³/mol. The van der Waals surface area contributed by atoms with Crippen molar-refractivity contribution in [2.75, 3.05) is 13.7 Å². The van der Waals surface area contributed by atoms with Gasteiger partial charge in [-0.2, -0.15) is 0 Å². The summed E-state index contributed by atoms with van der Waals surface area (Å²) in [6, 6.07) is -0.333. The zero-order chi connectivity index (χ0) is 13.5. The lowest BCUT2D eigenvalue weighted by Gasteiger charge is -2.10. The minimum absolute atomic E-state index is 0.0769. The van der Waals surface area contributed by atoms with Crippen LogP contribution >= 0.6 is 0 Å². The van der Waals surface area contributed by atoms with Gasteiger partial charge in [-0.1, -0.05) is 13.3 Å². The minimum Gasteiger partial charge on any atom is -0.446 e. The standard InChI is InChI=1S/C12H21N3O3/c1-4-5-9(13)12-15-10(7-18-12)11(16)14-8(2)6-17-3/h7-9H,4-6,13H2,1-3H3,(H,14,16). The van der Waals surface area contributed by atoms with Gasteiger partial charge in [0, 0.05) is 13.2 Å². The third kappa shape index (κ3) is 4.12. The van der Waals surface area contributed by atoms with Gasteiger partial charge in [-0.15, -0.1) is 0 Å². The minimum atomic E-state index is -0.279. The molecule has 18 heavy (non-hydrogen) atoms. The molecule has 0 aliphatic heterocycles. The molecule has 0 aliphatic rings. The van der Waals surface area contributed by atoms with E-state index < -0.39 is 0 Å². The van der Waals surface area contributed by atoms with Crippen LogP contribution < -0.4 is 11.1 Å². The summed E-state index contributed by atoms with van der Waals surface area (Å²) in [6.45, 7) is 4.33. The molecular weight excluding hydrogens is 234 g/mol. The molecule has 2 unspecified atom stereocenters. The van der Waals surface area contributed by atoms with E-state index in [4.69, 9.17) is 14.9 Å². The highest BCUT2D eigenvalue weighted by Crippen LogP contribution is 2.14. The molecule has 6 heteroatoms. The smallest absolute Gasteiger partial charge is 0.273 e. The van der Waals surface area contributed by atoms with Crippen LogP contribution in [0.2, 0.25) is 0 Å². The van der Waals surface area contributed by atoms with E-state index in [-0.39, 0.29) is 23.7 Å². The summed E-state index contributed by atoms with van der Waals surface area (Å²) in [4.78, 5) is 15.9. The number of amides is 1. The predicted octanol–water partition coefficient (Wildman–Crippen LogP) is 1.24. The summed E-state index contributed by atoms with van der Waals surface area (Å²) in [5, 5.41) is 2.75. The van der Waals surface area contributed by atoms with Gasteiger partial charge in [-0.05, 0) is 13.3 Å². The van der Waals surface area contributed by atoms with E-state index in [1.165, 1.54) is 6.26 Å². The van der Waals surface area contributed by atoms with Gasteiger partial charge in [0.05, 0.1) is 12.6 Å². The Hall–Kier alpha value is -1.40. The normalized spacial score (nSPS) is 14.2. The Kier molecular flexibility index (Phi) is 5.80. The molecule has 0 spiro atoms. The summed E-state index contributed by atoms with van der Waals surface area (Å²) in [7, 11) is 1.58. The van der Waals surface area contributed by atoms with E-state index in [9.17, 15) is 4.79 Å².